The van der Waals surface area contributed by atoms with Gasteiger partial charge >= 0.3 is 6.03 Å². The highest BCUT2D eigenvalue weighted by Crippen LogP contribution is 2.28. The van der Waals surface area contributed by atoms with Gasteiger partial charge in [0.25, 0.3) is 5.91 Å². The van der Waals surface area contributed by atoms with Crippen molar-refractivity contribution in [3.8, 4) is 9.88 Å². The second kappa shape index (κ2) is 8.41. The zero-order valence-corrected chi connectivity index (χ0v) is 15.3. The molecule has 0 aliphatic heterocycles. The Hall–Kier alpha value is -2.97. The Bertz CT molecular complexity index is 902. The first-order chi connectivity index (χ1) is 12.7. The fourth-order valence-electron chi connectivity index (χ4n) is 2.06. The van der Waals surface area contributed by atoms with E-state index in [2.05, 4.69) is 27.5 Å². The monoisotopic (exact) mass is 384 g/mol. The number of aromatic nitrogens is 1. The third-order valence-electron chi connectivity index (χ3n) is 3.28. The molecule has 6 nitrogen and oxygen atoms in total. The molecule has 3 N–H and O–H groups in total. The maximum Gasteiger partial charge on any atom is 0.319 e. The number of amides is 3. The van der Waals surface area contributed by atoms with Crippen molar-refractivity contribution < 1.29 is 9.59 Å². The number of nitrogens with one attached hydrogen (secondary N) is 3. The molecule has 26 heavy (non-hydrogen) atoms. The van der Waals surface area contributed by atoms with Crippen LogP contribution in [0.2, 0.25) is 0 Å². The second-order valence-corrected chi connectivity index (χ2v) is 6.98. The molecule has 0 radical (unpaired) electrons. The summed E-state index contributed by atoms with van der Waals surface area (Å²) in [7, 11) is 0. The quantitative estimate of drug-likeness (QED) is 0.550. The SMILES string of the molecule is C=CCNC(=O)Nc1ccc(NC(=O)c2csc(-c3cccs3)n2)cc1. The van der Waals surface area contributed by atoms with E-state index < -0.39 is 0 Å². The highest BCUT2D eigenvalue weighted by Gasteiger charge is 2.12. The molecule has 3 aromatic rings. The molecule has 0 atom stereocenters. The van der Waals surface area contributed by atoms with E-state index >= 15 is 0 Å². The highest BCUT2D eigenvalue weighted by molar-refractivity contribution is 7.20. The van der Waals surface area contributed by atoms with Crippen LogP contribution in [0.15, 0.2) is 59.8 Å². The standard InChI is InChI=1S/C18H16N4O2S2/c1-2-9-19-18(24)21-13-7-5-12(6-8-13)20-16(23)14-11-26-17(22-14)15-4-3-10-25-15/h2-8,10-11H,1,9H2,(H,20,23)(H2,19,21,24). The van der Waals surface area contributed by atoms with Gasteiger partial charge < -0.3 is 16.0 Å². The van der Waals surface area contributed by atoms with Gasteiger partial charge in [-0.15, -0.1) is 29.3 Å². The molecule has 0 fully saturated rings. The predicted molar refractivity (Wildman–Crippen MR) is 107 cm³/mol. The summed E-state index contributed by atoms with van der Waals surface area (Å²) in [5, 5.41) is 12.7. The first kappa shape index (κ1) is 17.8. The molecular weight excluding hydrogens is 368 g/mol. The fourth-order valence-corrected chi connectivity index (χ4v) is 3.68. The first-order valence-electron chi connectivity index (χ1n) is 7.72. The number of carbonyl (C=O) groups is 2. The summed E-state index contributed by atoms with van der Waals surface area (Å²) in [5.74, 6) is -0.270. The lowest BCUT2D eigenvalue weighted by molar-refractivity contribution is 0.102. The van der Waals surface area contributed by atoms with E-state index in [0.717, 1.165) is 9.88 Å². The van der Waals surface area contributed by atoms with Gasteiger partial charge in [0.15, 0.2) is 0 Å². The number of rotatable bonds is 6. The van der Waals surface area contributed by atoms with Crippen LogP contribution in [-0.4, -0.2) is 23.5 Å². The number of thiazole rings is 1. The molecule has 0 unspecified atom stereocenters. The molecule has 3 rings (SSSR count). The Labute approximate surface area is 158 Å². The van der Waals surface area contributed by atoms with E-state index in [-0.39, 0.29) is 11.9 Å². The highest BCUT2D eigenvalue weighted by atomic mass is 32.1. The second-order valence-electron chi connectivity index (χ2n) is 5.17. The van der Waals surface area contributed by atoms with E-state index in [0.29, 0.717) is 23.6 Å². The number of benzene rings is 1. The maximum atomic E-state index is 12.3. The molecule has 1 aromatic carbocycles. The van der Waals surface area contributed by atoms with Crippen LogP contribution in [0.5, 0.6) is 0 Å². The van der Waals surface area contributed by atoms with Gasteiger partial charge in [0, 0.05) is 23.3 Å². The van der Waals surface area contributed by atoms with E-state index in [1.165, 1.54) is 11.3 Å². The third kappa shape index (κ3) is 4.56. The Kier molecular flexibility index (Phi) is 5.77. The molecular formula is C18H16N4O2S2. The summed E-state index contributed by atoms with van der Waals surface area (Å²) in [4.78, 5) is 29.3. The summed E-state index contributed by atoms with van der Waals surface area (Å²) in [5.41, 5.74) is 1.63. The van der Waals surface area contributed by atoms with Gasteiger partial charge in [-0.05, 0) is 35.7 Å². The van der Waals surface area contributed by atoms with Gasteiger partial charge in [-0.25, -0.2) is 9.78 Å². The Morgan fingerprint density at radius 2 is 1.81 bits per heavy atom. The van der Waals surface area contributed by atoms with Crippen molar-refractivity contribution in [2.24, 2.45) is 0 Å². The maximum absolute atomic E-state index is 12.3. The largest absolute Gasteiger partial charge is 0.334 e. The smallest absolute Gasteiger partial charge is 0.319 e. The fraction of sp³-hybridized carbons (Fsp3) is 0.0556. The minimum Gasteiger partial charge on any atom is -0.334 e. The van der Waals surface area contributed by atoms with Gasteiger partial charge in [0.05, 0.1) is 4.88 Å². The molecule has 0 aliphatic rings. The van der Waals surface area contributed by atoms with Crippen LogP contribution in [0.25, 0.3) is 9.88 Å². The molecule has 2 heterocycles. The minimum absolute atomic E-state index is 0.270. The molecule has 8 heteroatoms. The van der Waals surface area contributed by atoms with Crippen LogP contribution < -0.4 is 16.0 Å². The molecule has 0 spiro atoms. The zero-order chi connectivity index (χ0) is 18.4. The van der Waals surface area contributed by atoms with Crippen molar-refractivity contribution in [3.63, 3.8) is 0 Å². The molecule has 0 bridgehead atoms. The lowest BCUT2D eigenvalue weighted by atomic mass is 10.2. The van der Waals surface area contributed by atoms with Crippen LogP contribution in [0, 0.1) is 0 Å². The molecule has 0 saturated heterocycles. The van der Waals surface area contributed by atoms with E-state index in [1.807, 2.05) is 17.5 Å². The van der Waals surface area contributed by atoms with E-state index in [4.69, 9.17) is 0 Å². The number of thiophene rings is 1. The van der Waals surface area contributed by atoms with Crippen molar-refractivity contribution in [3.05, 3.63) is 65.5 Å². The third-order valence-corrected chi connectivity index (χ3v) is 5.16. The van der Waals surface area contributed by atoms with Crippen LogP contribution >= 0.6 is 22.7 Å². The van der Waals surface area contributed by atoms with Crippen LogP contribution in [0.3, 0.4) is 0 Å². The number of hydrogen-bond donors (Lipinski definition) is 3. The van der Waals surface area contributed by atoms with Gasteiger partial charge in [0.1, 0.15) is 10.7 Å². The number of anilines is 2. The summed E-state index contributed by atoms with van der Waals surface area (Å²) in [6, 6.07) is 10.5. The summed E-state index contributed by atoms with van der Waals surface area (Å²) in [6.45, 7) is 3.92. The lowest BCUT2D eigenvalue weighted by Crippen LogP contribution is -2.28. The van der Waals surface area contributed by atoms with Crippen molar-refractivity contribution in [1.29, 1.82) is 0 Å². The normalized spacial score (nSPS) is 10.2. The number of hydrogen-bond acceptors (Lipinski definition) is 5. The number of nitrogens with zero attached hydrogens (tertiary/aromatic N) is 1. The topological polar surface area (TPSA) is 83.1 Å². The van der Waals surface area contributed by atoms with E-state index in [9.17, 15) is 9.59 Å². The van der Waals surface area contributed by atoms with E-state index in [1.54, 1.807) is 47.1 Å². The Balaban J connectivity index is 1.59. The zero-order valence-electron chi connectivity index (χ0n) is 13.7. The first-order valence-corrected chi connectivity index (χ1v) is 9.48. The average molecular weight is 384 g/mol. The summed E-state index contributed by atoms with van der Waals surface area (Å²) >= 11 is 3.03. The summed E-state index contributed by atoms with van der Waals surface area (Å²) in [6.07, 6.45) is 1.60. The van der Waals surface area contributed by atoms with Crippen molar-refractivity contribution in [2.75, 3.05) is 17.2 Å². The number of urea groups is 1. The van der Waals surface area contributed by atoms with Gasteiger partial charge in [-0.2, -0.15) is 0 Å². The van der Waals surface area contributed by atoms with Crippen molar-refractivity contribution in [1.82, 2.24) is 10.3 Å². The predicted octanol–water partition coefficient (Wildman–Crippen LogP) is 4.43. The molecule has 3 amide bonds. The van der Waals surface area contributed by atoms with Gasteiger partial charge in [0.2, 0.25) is 0 Å². The molecule has 2 aromatic heterocycles. The lowest BCUT2D eigenvalue weighted by Gasteiger charge is -2.07. The summed E-state index contributed by atoms with van der Waals surface area (Å²) < 4.78 is 0. The van der Waals surface area contributed by atoms with Crippen LogP contribution in [0.4, 0.5) is 16.2 Å². The molecule has 0 aliphatic carbocycles. The average Bonchev–Trinajstić information content (AvgIpc) is 3.33. The van der Waals surface area contributed by atoms with Crippen LogP contribution in [0.1, 0.15) is 10.5 Å². The molecule has 0 saturated carbocycles. The van der Waals surface area contributed by atoms with Crippen molar-refractivity contribution >= 4 is 46.0 Å². The van der Waals surface area contributed by atoms with Crippen molar-refractivity contribution in [2.45, 2.75) is 0 Å². The van der Waals surface area contributed by atoms with Gasteiger partial charge in [-0.3, -0.25) is 4.79 Å². The van der Waals surface area contributed by atoms with Gasteiger partial charge in [-0.1, -0.05) is 12.1 Å². The minimum atomic E-state index is -0.315. The molecule has 132 valence electrons. The Morgan fingerprint density at radius 1 is 1.08 bits per heavy atom. The Morgan fingerprint density at radius 3 is 2.46 bits per heavy atom. The number of carbonyl (C=O) groups excluding carboxylic acids is 2. The van der Waals surface area contributed by atoms with Crippen LogP contribution in [-0.2, 0) is 0 Å².